The van der Waals surface area contributed by atoms with Gasteiger partial charge in [-0.25, -0.2) is 0 Å². The number of amides is 1. The van der Waals surface area contributed by atoms with Gasteiger partial charge in [0.2, 0.25) is 5.91 Å². The van der Waals surface area contributed by atoms with E-state index in [1.54, 1.807) is 0 Å². The molecule has 0 radical (unpaired) electrons. The molecule has 1 heterocycles. The monoisotopic (exact) mass is 286 g/mol. The van der Waals surface area contributed by atoms with E-state index < -0.39 is 0 Å². The first-order valence-electron chi connectivity index (χ1n) is 8.71. The first-order valence-corrected chi connectivity index (χ1v) is 8.71. The van der Waals surface area contributed by atoms with Crippen molar-refractivity contribution in [3.05, 3.63) is 0 Å². The maximum Gasteiger partial charge on any atom is 0.228 e. The lowest BCUT2D eigenvalue weighted by molar-refractivity contribution is -0.167. The third-order valence-electron chi connectivity index (χ3n) is 6.70. The number of hydrogen-bond donors (Lipinski definition) is 0. The van der Waals surface area contributed by atoms with E-state index in [0.29, 0.717) is 17.9 Å². The fourth-order valence-electron chi connectivity index (χ4n) is 6.57. The molecule has 4 aliphatic carbocycles. The van der Waals surface area contributed by atoms with Crippen molar-refractivity contribution in [2.45, 2.75) is 58.3 Å². The van der Waals surface area contributed by atoms with Gasteiger partial charge in [-0.05, 0) is 68.6 Å². The van der Waals surface area contributed by atoms with Crippen LogP contribution in [0.15, 0.2) is 0 Å². The molecule has 3 atom stereocenters. The summed E-state index contributed by atoms with van der Waals surface area (Å²) in [4.78, 5) is 15.3. The maximum absolute atomic E-state index is 13.3. The van der Waals surface area contributed by atoms with E-state index in [0.717, 1.165) is 50.5 Å². The molecule has 1 saturated heterocycles. The quantitative estimate of drug-likeness (QED) is 0.742. The molecule has 1 amide bonds. The van der Waals surface area contributed by atoms with Crippen LogP contribution in [0.3, 0.4) is 0 Å². The van der Waals surface area contributed by atoms with E-state index in [1.165, 1.54) is 19.3 Å². The number of piperidine rings is 1. The molecule has 0 aromatic rings. The summed E-state index contributed by atoms with van der Waals surface area (Å²) in [6.07, 6.45) is 9.40. The van der Waals surface area contributed by atoms with E-state index in [9.17, 15) is 10.1 Å². The van der Waals surface area contributed by atoms with Crippen molar-refractivity contribution in [2.24, 2.45) is 28.6 Å². The zero-order chi connectivity index (χ0) is 14.7. The Bertz CT molecular complexity index is 492. The van der Waals surface area contributed by atoms with E-state index in [2.05, 4.69) is 13.0 Å². The Hall–Kier alpha value is -1.04. The van der Waals surface area contributed by atoms with Crippen LogP contribution in [0.2, 0.25) is 0 Å². The Labute approximate surface area is 127 Å². The molecule has 1 aliphatic heterocycles. The summed E-state index contributed by atoms with van der Waals surface area (Å²) < 4.78 is 0. The first kappa shape index (κ1) is 13.6. The number of carbonyl (C=O) groups is 1. The number of nitrogens with zero attached hydrogens (tertiary/aromatic N) is 2. The highest BCUT2D eigenvalue weighted by Gasteiger charge is 2.59. The Morgan fingerprint density at radius 2 is 1.95 bits per heavy atom. The molecule has 5 aliphatic rings. The third-order valence-corrected chi connectivity index (χ3v) is 6.70. The van der Waals surface area contributed by atoms with E-state index >= 15 is 0 Å². The van der Waals surface area contributed by atoms with Gasteiger partial charge in [-0.2, -0.15) is 5.26 Å². The molecular formula is C18H26N2O. The number of rotatable bonds is 1. The smallest absolute Gasteiger partial charge is 0.228 e. The van der Waals surface area contributed by atoms with Crippen LogP contribution in [-0.2, 0) is 4.79 Å². The van der Waals surface area contributed by atoms with Crippen molar-refractivity contribution in [2.75, 3.05) is 13.1 Å². The van der Waals surface area contributed by atoms with Crippen molar-refractivity contribution in [3.8, 4) is 6.07 Å². The lowest BCUT2D eigenvalue weighted by atomic mass is 9.44. The summed E-state index contributed by atoms with van der Waals surface area (Å²) in [5.41, 5.74) is 0.361. The van der Waals surface area contributed by atoms with Crippen LogP contribution in [0.5, 0.6) is 0 Å². The number of hydrogen-bond acceptors (Lipinski definition) is 2. The summed E-state index contributed by atoms with van der Waals surface area (Å²) in [5, 5.41) is 9.18. The van der Waals surface area contributed by atoms with Crippen LogP contribution in [0, 0.1) is 39.9 Å². The normalized spacial score (nSPS) is 48.2. The largest absolute Gasteiger partial charge is 0.341 e. The van der Waals surface area contributed by atoms with E-state index in [1.807, 2.05) is 4.90 Å². The third kappa shape index (κ3) is 2.10. The Kier molecular flexibility index (Phi) is 2.90. The van der Waals surface area contributed by atoms with Gasteiger partial charge in [-0.1, -0.05) is 6.92 Å². The van der Waals surface area contributed by atoms with Gasteiger partial charge < -0.3 is 4.90 Å². The van der Waals surface area contributed by atoms with Crippen molar-refractivity contribution >= 4 is 5.91 Å². The summed E-state index contributed by atoms with van der Waals surface area (Å²) in [5.74, 6) is 2.04. The van der Waals surface area contributed by atoms with Crippen LogP contribution >= 0.6 is 0 Å². The van der Waals surface area contributed by atoms with E-state index in [-0.39, 0.29) is 11.3 Å². The highest BCUT2D eigenvalue weighted by atomic mass is 16.2. The molecule has 21 heavy (non-hydrogen) atoms. The molecule has 3 heteroatoms. The van der Waals surface area contributed by atoms with Gasteiger partial charge >= 0.3 is 0 Å². The topological polar surface area (TPSA) is 44.1 Å². The van der Waals surface area contributed by atoms with Crippen LogP contribution < -0.4 is 0 Å². The maximum atomic E-state index is 13.3. The molecule has 4 bridgehead atoms. The lowest BCUT2D eigenvalue weighted by Crippen LogP contribution is -2.58. The molecule has 4 saturated carbocycles. The fraction of sp³-hybridized carbons (Fsp3) is 0.889. The molecular weight excluding hydrogens is 260 g/mol. The highest BCUT2D eigenvalue weighted by molar-refractivity contribution is 5.83. The Morgan fingerprint density at radius 3 is 2.57 bits per heavy atom. The molecule has 5 rings (SSSR count). The number of carbonyl (C=O) groups excluding carboxylic acids is 1. The first-order chi connectivity index (χ1) is 10.0. The minimum Gasteiger partial charge on any atom is -0.341 e. The second-order valence-corrected chi connectivity index (χ2v) is 8.77. The number of likely N-dealkylation sites (tertiary alicyclic amines) is 1. The summed E-state index contributed by atoms with van der Waals surface area (Å²) >= 11 is 0. The zero-order valence-corrected chi connectivity index (χ0v) is 13.1. The Morgan fingerprint density at radius 1 is 1.24 bits per heavy atom. The van der Waals surface area contributed by atoms with Gasteiger partial charge in [-0.15, -0.1) is 0 Å². The van der Waals surface area contributed by atoms with Gasteiger partial charge in [-0.3, -0.25) is 4.79 Å². The van der Waals surface area contributed by atoms with Gasteiger partial charge in [0.25, 0.3) is 0 Å². The van der Waals surface area contributed by atoms with Crippen LogP contribution in [0.4, 0.5) is 0 Å². The van der Waals surface area contributed by atoms with Crippen molar-refractivity contribution < 1.29 is 4.79 Å². The molecule has 3 unspecified atom stereocenters. The zero-order valence-electron chi connectivity index (χ0n) is 13.1. The second kappa shape index (κ2) is 4.48. The summed E-state index contributed by atoms with van der Waals surface area (Å²) in [6.45, 7) is 3.98. The fourth-order valence-corrected chi connectivity index (χ4v) is 6.57. The average molecular weight is 286 g/mol. The molecule has 114 valence electrons. The predicted octanol–water partition coefficient (Wildman–Crippen LogP) is 3.36. The van der Waals surface area contributed by atoms with Crippen LogP contribution in [-0.4, -0.2) is 23.9 Å². The second-order valence-electron chi connectivity index (χ2n) is 8.77. The van der Waals surface area contributed by atoms with Crippen LogP contribution in [0.25, 0.3) is 0 Å². The van der Waals surface area contributed by atoms with E-state index in [4.69, 9.17) is 0 Å². The molecule has 0 aromatic heterocycles. The summed E-state index contributed by atoms with van der Waals surface area (Å²) in [6, 6.07) is 2.38. The SMILES string of the molecule is CC12CC3CC(C1)CC(C(=O)N1CCCC(C#N)C1)(C3)C2. The molecule has 3 nitrogen and oxygen atoms in total. The van der Waals surface area contributed by atoms with Crippen molar-refractivity contribution in [3.63, 3.8) is 0 Å². The van der Waals surface area contributed by atoms with Gasteiger partial charge in [0.15, 0.2) is 0 Å². The standard InChI is InChI=1S/C18H26N2O/c1-17-6-14-5-15(7-17)9-18(8-14,12-17)16(21)20-4-2-3-13(10-19)11-20/h13-15H,2-9,11-12H2,1H3. The average Bonchev–Trinajstić information content (AvgIpc) is 2.44. The molecule has 0 aromatic carbocycles. The van der Waals surface area contributed by atoms with Crippen LogP contribution in [0.1, 0.15) is 58.3 Å². The van der Waals surface area contributed by atoms with Crippen molar-refractivity contribution in [1.82, 2.24) is 4.90 Å². The van der Waals surface area contributed by atoms with Gasteiger partial charge in [0.05, 0.1) is 17.4 Å². The highest BCUT2D eigenvalue weighted by Crippen LogP contribution is 2.65. The predicted molar refractivity (Wildman–Crippen MR) is 80.1 cm³/mol. The summed E-state index contributed by atoms with van der Waals surface area (Å²) in [7, 11) is 0. The molecule has 0 N–H and O–H groups in total. The molecule has 0 spiro atoms. The van der Waals surface area contributed by atoms with Crippen molar-refractivity contribution in [1.29, 1.82) is 5.26 Å². The minimum absolute atomic E-state index is 0.0593. The minimum atomic E-state index is -0.0593. The molecule has 5 fully saturated rings. The lowest BCUT2D eigenvalue weighted by Gasteiger charge is -2.61. The number of nitriles is 1. The van der Waals surface area contributed by atoms with Gasteiger partial charge in [0.1, 0.15) is 0 Å². The van der Waals surface area contributed by atoms with Gasteiger partial charge in [0, 0.05) is 13.1 Å². The Balaban J connectivity index is 1.58.